The molecular weight excluding hydrogens is 408 g/mol. The molecule has 0 aliphatic heterocycles. The number of carbonyl (C=O) groups excluding carboxylic acids is 1. The average molecular weight is 417 g/mol. The quantitative estimate of drug-likeness (QED) is 0.622. The zero-order valence-electron chi connectivity index (χ0n) is 14.0. The van der Waals surface area contributed by atoms with Gasteiger partial charge in [-0.1, -0.05) is 17.3 Å². The largest absolute Gasteiger partial charge is 0.439 e. The number of alkyl halides is 6. The molecule has 0 radical (unpaired) electrons. The van der Waals surface area contributed by atoms with E-state index in [1.54, 1.807) is 0 Å². The topological polar surface area (TPSA) is 88.0 Å². The Balaban J connectivity index is 1.94. The lowest BCUT2D eigenvalue weighted by atomic mass is 10.0. The summed E-state index contributed by atoms with van der Waals surface area (Å²) < 4.78 is 81.9. The first kappa shape index (κ1) is 20.2. The number of benzene rings is 2. The van der Waals surface area contributed by atoms with Crippen LogP contribution in [0.3, 0.4) is 0 Å². The van der Waals surface area contributed by atoms with E-state index in [-0.39, 0.29) is 23.1 Å². The zero-order chi connectivity index (χ0) is 21.4. The van der Waals surface area contributed by atoms with E-state index in [0.29, 0.717) is 12.1 Å². The van der Waals surface area contributed by atoms with Gasteiger partial charge in [0.1, 0.15) is 0 Å². The Hall–Kier alpha value is -3.57. The molecule has 0 saturated carbocycles. The lowest BCUT2D eigenvalue weighted by molar-refractivity contribution is -0.143. The molecule has 1 aromatic heterocycles. The molecule has 0 saturated heterocycles. The number of nitrogens with zero attached hydrogens (tertiary/aromatic N) is 1. The van der Waals surface area contributed by atoms with Crippen molar-refractivity contribution in [1.29, 1.82) is 0 Å². The molecule has 0 aliphatic carbocycles. The van der Waals surface area contributed by atoms with Gasteiger partial charge in [0, 0.05) is 16.8 Å². The number of nitrogens with one attached hydrogen (secondary N) is 2. The molecule has 6 nitrogen and oxygen atoms in total. The van der Waals surface area contributed by atoms with Gasteiger partial charge in [-0.05, 0) is 30.3 Å². The third-order valence-electron chi connectivity index (χ3n) is 3.68. The predicted molar refractivity (Wildman–Crippen MR) is 87.0 cm³/mol. The summed E-state index contributed by atoms with van der Waals surface area (Å²) in [6.45, 7) is 0. The summed E-state index contributed by atoms with van der Waals surface area (Å²) in [6.07, 6.45) is -10.1. The smallest absolute Gasteiger partial charge is 0.322 e. The molecule has 0 aliphatic rings. The summed E-state index contributed by atoms with van der Waals surface area (Å²) in [6, 6.07) is 6.12. The van der Waals surface area contributed by atoms with Crippen molar-refractivity contribution in [1.82, 2.24) is 10.1 Å². The van der Waals surface area contributed by atoms with Crippen molar-refractivity contribution in [3.63, 3.8) is 0 Å². The second-order valence-corrected chi connectivity index (χ2v) is 5.77. The monoisotopic (exact) mass is 417 g/mol. The summed E-state index contributed by atoms with van der Waals surface area (Å²) >= 11 is 0. The van der Waals surface area contributed by atoms with Gasteiger partial charge in [0.15, 0.2) is 5.82 Å². The molecule has 0 fully saturated rings. The Kier molecular flexibility index (Phi) is 4.95. The van der Waals surface area contributed by atoms with Crippen LogP contribution in [-0.2, 0) is 12.4 Å². The maximum Gasteiger partial charge on any atom is 0.439 e. The van der Waals surface area contributed by atoms with E-state index >= 15 is 0 Å². The third kappa shape index (κ3) is 4.65. The van der Waals surface area contributed by atoms with E-state index in [1.807, 2.05) is 0 Å². The standard InChI is InChI=1S/C17H9F6N3O3/c18-16(19,20)10-4-9(5-11(7-10)17(21,22)23)14(27)24-12-3-1-2-8(6-12)13-25-15(28)29-26-13/h1-7H,(H,24,27)(H,25,26,28). The Bertz CT molecular complexity index is 1080. The van der Waals surface area contributed by atoms with E-state index in [9.17, 15) is 35.9 Å². The lowest BCUT2D eigenvalue weighted by Gasteiger charge is -2.14. The lowest BCUT2D eigenvalue weighted by Crippen LogP contribution is -2.17. The minimum absolute atomic E-state index is 0.0181. The van der Waals surface area contributed by atoms with Crippen LogP contribution in [0.25, 0.3) is 11.4 Å². The average Bonchev–Trinajstić information content (AvgIpc) is 3.06. The molecule has 3 aromatic rings. The van der Waals surface area contributed by atoms with Crippen LogP contribution < -0.4 is 11.1 Å². The van der Waals surface area contributed by atoms with Gasteiger partial charge < -0.3 is 5.32 Å². The van der Waals surface area contributed by atoms with Crippen molar-refractivity contribution in [2.45, 2.75) is 12.4 Å². The van der Waals surface area contributed by atoms with Crippen LogP contribution in [0.1, 0.15) is 21.5 Å². The molecule has 1 heterocycles. The molecule has 0 unspecified atom stereocenters. The maximum atomic E-state index is 12.9. The van der Waals surface area contributed by atoms with Gasteiger partial charge in [0.25, 0.3) is 5.91 Å². The van der Waals surface area contributed by atoms with Crippen LogP contribution in [0, 0.1) is 0 Å². The van der Waals surface area contributed by atoms with Gasteiger partial charge in [-0.2, -0.15) is 26.3 Å². The first-order valence-electron chi connectivity index (χ1n) is 7.71. The van der Waals surface area contributed by atoms with Crippen LogP contribution in [0.4, 0.5) is 32.0 Å². The van der Waals surface area contributed by atoms with E-state index in [4.69, 9.17) is 0 Å². The number of amides is 1. The second kappa shape index (κ2) is 7.11. The SMILES string of the molecule is O=C(Nc1cccc(-c2noc(=O)[nH]2)c1)c1cc(C(F)(F)F)cc(C(F)(F)F)c1. The van der Waals surface area contributed by atoms with E-state index in [0.717, 1.165) is 0 Å². The predicted octanol–water partition coefficient (Wildman–Crippen LogP) is 4.32. The molecule has 0 bridgehead atoms. The van der Waals surface area contributed by atoms with Gasteiger partial charge in [0.05, 0.1) is 11.1 Å². The molecule has 0 atom stereocenters. The first-order chi connectivity index (χ1) is 13.4. The van der Waals surface area contributed by atoms with Crippen molar-refractivity contribution in [3.05, 3.63) is 69.7 Å². The number of hydrogen-bond acceptors (Lipinski definition) is 4. The summed E-state index contributed by atoms with van der Waals surface area (Å²) in [5, 5.41) is 5.64. The zero-order valence-corrected chi connectivity index (χ0v) is 14.0. The number of halogens is 6. The van der Waals surface area contributed by atoms with Crippen molar-refractivity contribution in [2.75, 3.05) is 5.32 Å². The normalized spacial score (nSPS) is 12.1. The van der Waals surface area contributed by atoms with Gasteiger partial charge in [-0.25, -0.2) is 4.79 Å². The fourth-order valence-corrected chi connectivity index (χ4v) is 2.39. The Morgan fingerprint density at radius 2 is 1.59 bits per heavy atom. The fourth-order valence-electron chi connectivity index (χ4n) is 2.39. The molecular formula is C17H9F6N3O3. The number of aromatic nitrogens is 2. The molecule has 2 N–H and O–H groups in total. The molecule has 152 valence electrons. The molecule has 29 heavy (non-hydrogen) atoms. The van der Waals surface area contributed by atoms with Crippen LogP contribution in [-0.4, -0.2) is 16.0 Å². The Morgan fingerprint density at radius 1 is 0.966 bits per heavy atom. The van der Waals surface area contributed by atoms with E-state index < -0.39 is 40.7 Å². The summed E-state index contributed by atoms with van der Waals surface area (Å²) in [5.41, 5.74) is -3.71. The summed E-state index contributed by atoms with van der Waals surface area (Å²) in [7, 11) is 0. The van der Waals surface area contributed by atoms with Crippen LogP contribution in [0.15, 0.2) is 51.8 Å². The van der Waals surface area contributed by atoms with Crippen molar-refractivity contribution in [3.8, 4) is 11.4 Å². The number of anilines is 1. The number of carbonyl (C=O) groups is 1. The number of rotatable bonds is 3. The highest BCUT2D eigenvalue weighted by atomic mass is 19.4. The molecule has 3 rings (SSSR count). The Labute approximate surface area is 157 Å². The number of H-pyrrole nitrogens is 1. The number of hydrogen-bond donors (Lipinski definition) is 2. The van der Waals surface area contributed by atoms with Crippen molar-refractivity contribution >= 4 is 11.6 Å². The molecule has 0 spiro atoms. The Morgan fingerprint density at radius 3 is 2.10 bits per heavy atom. The van der Waals surface area contributed by atoms with E-state index in [1.165, 1.54) is 24.3 Å². The summed E-state index contributed by atoms with van der Waals surface area (Å²) in [5.74, 6) is -2.00. The minimum Gasteiger partial charge on any atom is -0.322 e. The molecule has 1 amide bonds. The first-order valence-corrected chi connectivity index (χ1v) is 7.71. The maximum absolute atomic E-state index is 12.9. The van der Waals surface area contributed by atoms with Crippen molar-refractivity contribution < 1.29 is 35.7 Å². The van der Waals surface area contributed by atoms with E-state index in [2.05, 4.69) is 20.0 Å². The summed E-state index contributed by atoms with van der Waals surface area (Å²) in [4.78, 5) is 25.5. The minimum atomic E-state index is -5.07. The third-order valence-corrected chi connectivity index (χ3v) is 3.68. The second-order valence-electron chi connectivity index (χ2n) is 5.77. The van der Waals surface area contributed by atoms with Crippen LogP contribution in [0.2, 0.25) is 0 Å². The van der Waals surface area contributed by atoms with Gasteiger partial charge in [-0.15, -0.1) is 0 Å². The van der Waals surface area contributed by atoms with Gasteiger partial charge in [0.2, 0.25) is 0 Å². The van der Waals surface area contributed by atoms with Crippen LogP contribution in [0.5, 0.6) is 0 Å². The van der Waals surface area contributed by atoms with Crippen LogP contribution >= 0.6 is 0 Å². The molecule has 12 heteroatoms. The highest BCUT2D eigenvalue weighted by molar-refractivity contribution is 6.04. The van der Waals surface area contributed by atoms with Gasteiger partial charge in [-0.3, -0.25) is 14.3 Å². The van der Waals surface area contributed by atoms with Gasteiger partial charge >= 0.3 is 18.1 Å². The van der Waals surface area contributed by atoms with Crippen molar-refractivity contribution in [2.24, 2.45) is 0 Å². The number of aromatic amines is 1. The molecule has 2 aromatic carbocycles. The highest BCUT2D eigenvalue weighted by Crippen LogP contribution is 2.36. The fraction of sp³-hybridized carbons (Fsp3) is 0.118. The highest BCUT2D eigenvalue weighted by Gasteiger charge is 2.37.